The fraction of sp³-hybridized carbons (Fsp3) is 0.467. The molecule has 108 valence electrons. The number of carboxylic acid groups (broad SMARTS) is 1. The second-order valence-electron chi connectivity index (χ2n) is 5.01. The van der Waals surface area contributed by atoms with Crippen LogP contribution in [0.2, 0.25) is 0 Å². The Balaban J connectivity index is 2.12. The van der Waals surface area contributed by atoms with E-state index in [0.29, 0.717) is 6.54 Å². The summed E-state index contributed by atoms with van der Waals surface area (Å²) in [7, 11) is 0. The topological polar surface area (TPSA) is 69.6 Å². The molecule has 5 heteroatoms. The monoisotopic (exact) mass is 276 g/mol. The summed E-state index contributed by atoms with van der Waals surface area (Å²) in [5.41, 5.74) is 0.768. The largest absolute Gasteiger partial charge is 0.481 e. The lowest BCUT2D eigenvalue weighted by molar-refractivity contribution is -0.136. The minimum absolute atomic E-state index is 0.0182. The highest BCUT2D eigenvalue weighted by atomic mass is 16.4. The molecule has 1 saturated heterocycles. The Kier molecular flexibility index (Phi) is 5.12. The molecule has 0 spiro atoms. The Hall–Kier alpha value is -1.88. The molecule has 1 amide bonds. The number of carboxylic acids is 1. The van der Waals surface area contributed by atoms with Crippen molar-refractivity contribution in [3.63, 3.8) is 0 Å². The molecule has 1 aromatic carbocycles. The summed E-state index contributed by atoms with van der Waals surface area (Å²) in [5.74, 6) is -0.928. The van der Waals surface area contributed by atoms with Crippen molar-refractivity contribution < 1.29 is 14.7 Å². The number of rotatable bonds is 5. The molecule has 20 heavy (non-hydrogen) atoms. The molecule has 0 aromatic heterocycles. The number of anilines is 1. The SMILES string of the molecule is O=C(O)CCN(C(=O)[C@@H]1CCCNC1)c1ccccc1. The first kappa shape index (κ1) is 14.5. The molecule has 2 N–H and O–H groups in total. The van der Waals surface area contributed by atoms with Crippen LogP contribution in [-0.4, -0.2) is 36.6 Å². The zero-order chi connectivity index (χ0) is 14.4. The van der Waals surface area contributed by atoms with Crippen LogP contribution in [0.3, 0.4) is 0 Å². The van der Waals surface area contributed by atoms with Gasteiger partial charge >= 0.3 is 5.97 Å². The summed E-state index contributed by atoms with van der Waals surface area (Å²) in [6.45, 7) is 1.84. The molecule has 1 aromatic rings. The third-order valence-electron chi connectivity index (χ3n) is 3.53. The lowest BCUT2D eigenvalue weighted by Gasteiger charge is -2.29. The van der Waals surface area contributed by atoms with Crippen LogP contribution in [0.25, 0.3) is 0 Å². The number of hydrogen-bond acceptors (Lipinski definition) is 3. The van der Waals surface area contributed by atoms with Gasteiger partial charge in [0.15, 0.2) is 0 Å². The number of para-hydroxylation sites is 1. The first-order valence-corrected chi connectivity index (χ1v) is 6.97. The molecule has 1 aliphatic heterocycles. The van der Waals surface area contributed by atoms with E-state index >= 15 is 0 Å². The summed E-state index contributed by atoms with van der Waals surface area (Å²) >= 11 is 0. The first-order chi connectivity index (χ1) is 9.68. The van der Waals surface area contributed by atoms with Crippen LogP contribution < -0.4 is 10.2 Å². The van der Waals surface area contributed by atoms with E-state index in [4.69, 9.17) is 5.11 Å². The Morgan fingerprint density at radius 3 is 2.65 bits per heavy atom. The molecule has 0 bridgehead atoms. The molecule has 5 nitrogen and oxygen atoms in total. The summed E-state index contributed by atoms with van der Waals surface area (Å²) in [4.78, 5) is 25.0. The maximum Gasteiger partial charge on any atom is 0.305 e. The number of amides is 1. The number of nitrogens with one attached hydrogen (secondary N) is 1. The molecular weight excluding hydrogens is 256 g/mol. The molecule has 1 heterocycles. The highest BCUT2D eigenvalue weighted by Crippen LogP contribution is 2.20. The van der Waals surface area contributed by atoms with Gasteiger partial charge in [-0.25, -0.2) is 0 Å². The minimum Gasteiger partial charge on any atom is -0.481 e. The van der Waals surface area contributed by atoms with Crippen LogP contribution >= 0.6 is 0 Å². The molecule has 0 saturated carbocycles. The van der Waals surface area contributed by atoms with Gasteiger partial charge in [0.2, 0.25) is 5.91 Å². The van der Waals surface area contributed by atoms with Gasteiger partial charge in [-0.1, -0.05) is 18.2 Å². The normalized spacial score (nSPS) is 18.5. The third kappa shape index (κ3) is 3.81. The Bertz CT molecular complexity index is 455. The number of piperidine rings is 1. The van der Waals surface area contributed by atoms with Gasteiger partial charge in [0.05, 0.1) is 12.3 Å². The van der Waals surface area contributed by atoms with Crippen molar-refractivity contribution >= 4 is 17.6 Å². The lowest BCUT2D eigenvalue weighted by Crippen LogP contribution is -2.44. The molecule has 2 rings (SSSR count). The zero-order valence-corrected chi connectivity index (χ0v) is 11.4. The van der Waals surface area contributed by atoms with E-state index in [-0.39, 0.29) is 24.8 Å². The van der Waals surface area contributed by atoms with E-state index in [1.165, 1.54) is 0 Å². The highest BCUT2D eigenvalue weighted by molar-refractivity contribution is 5.95. The summed E-state index contributed by atoms with van der Waals surface area (Å²) in [6.07, 6.45) is 1.81. The van der Waals surface area contributed by atoms with Crippen molar-refractivity contribution in [1.82, 2.24) is 5.32 Å². The van der Waals surface area contributed by atoms with E-state index in [2.05, 4.69) is 5.32 Å². The molecule has 1 aliphatic rings. The average Bonchev–Trinajstić information content (AvgIpc) is 2.49. The average molecular weight is 276 g/mol. The van der Waals surface area contributed by atoms with E-state index in [0.717, 1.165) is 25.1 Å². The molecule has 1 atom stereocenters. The fourth-order valence-electron chi connectivity index (χ4n) is 2.46. The maximum absolute atomic E-state index is 12.6. The predicted octanol–water partition coefficient (Wildman–Crippen LogP) is 1.49. The van der Waals surface area contributed by atoms with Gasteiger partial charge in [0.1, 0.15) is 0 Å². The Morgan fingerprint density at radius 2 is 2.05 bits per heavy atom. The van der Waals surface area contributed by atoms with Crippen LogP contribution in [0.5, 0.6) is 0 Å². The van der Waals surface area contributed by atoms with Crippen LogP contribution in [-0.2, 0) is 9.59 Å². The number of hydrogen-bond donors (Lipinski definition) is 2. The molecular formula is C15H20N2O3. The van der Waals surface area contributed by atoms with Crippen LogP contribution in [0.1, 0.15) is 19.3 Å². The van der Waals surface area contributed by atoms with E-state index in [9.17, 15) is 9.59 Å². The second kappa shape index (κ2) is 7.05. The van der Waals surface area contributed by atoms with Gasteiger partial charge in [-0.2, -0.15) is 0 Å². The minimum atomic E-state index is -0.888. The Morgan fingerprint density at radius 1 is 1.30 bits per heavy atom. The summed E-state index contributed by atoms with van der Waals surface area (Å²) in [6, 6.07) is 9.28. The lowest BCUT2D eigenvalue weighted by atomic mass is 9.97. The molecule has 0 aliphatic carbocycles. The van der Waals surface area contributed by atoms with Gasteiger partial charge in [0.25, 0.3) is 0 Å². The molecule has 0 unspecified atom stereocenters. The molecule has 1 fully saturated rings. The van der Waals surface area contributed by atoms with Crippen LogP contribution in [0.15, 0.2) is 30.3 Å². The highest BCUT2D eigenvalue weighted by Gasteiger charge is 2.27. The second-order valence-corrected chi connectivity index (χ2v) is 5.01. The number of nitrogens with zero attached hydrogens (tertiary/aromatic N) is 1. The maximum atomic E-state index is 12.6. The smallest absolute Gasteiger partial charge is 0.305 e. The van der Waals surface area contributed by atoms with Crippen molar-refractivity contribution in [3.05, 3.63) is 30.3 Å². The number of carbonyl (C=O) groups excluding carboxylic acids is 1. The van der Waals surface area contributed by atoms with Crippen molar-refractivity contribution in [3.8, 4) is 0 Å². The standard InChI is InChI=1S/C15H20N2O3/c18-14(19)8-10-17(13-6-2-1-3-7-13)15(20)12-5-4-9-16-11-12/h1-3,6-7,12,16H,4-5,8-11H2,(H,18,19)/t12-/m1/s1. The first-order valence-electron chi connectivity index (χ1n) is 6.97. The summed E-state index contributed by atoms with van der Waals surface area (Å²) in [5, 5.41) is 12.1. The summed E-state index contributed by atoms with van der Waals surface area (Å²) < 4.78 is 0. The van der Waals surface area contributed by atoms with E-state index in [1.54, 1.807) is 4.90 Å². The number of carbonyl (C=O) groups is 2. The van der Waals surface area contributed by atoms with Crippen molar-refractivity contribution in [1.29, 1.82) is 0 Å². The third-order valence-corrected chi connectivity index (χ3v) is 3.53. The Labute approximate surface area is 118 Å². The van der Waals surface area contributed by atoms with Gasteiger partial charge in [-0.3, -0.25) is 9.59 Å². The van der Waals surface area contributed by atoms with Crippen molar-refractivity contribution in [2.75, 3.05) is 24.5 Å². The van der Waals surface area contributed by atoms with Crippen molar-refractivity contribution in [2.45, 2.75) is 19.3 Å². The van der Waals surface area contributed by atoms with Crippen molar-refractivity contribution in [2.24, 2.45) is 5.92 Å². The van der Waals surface area contributed by atoms with E-state index < -0.39 is 5.97 Å². The van der Waals surface area contributed by atoms with Gasteiger partial charge < -0.3 is 15.3 Å². The quantitative estimate of drug-likeness (QED) is 0.855. The predicted molar refractivity (Wildman–Crippen MR) is 76.6 cm³/mol. The zero-order valence-electron chi connectivity index (χ0n) is 11.4. The molecule has 0 radical (unpaired) electrons. The van der Waals surface area contributed by atoms with Crippen LogP contribution in [0.4, 0.5) is 5.69 Å². The van der Waals surface area contributed by atoms with Gasteiger partial charge in [-0.15, -0.1) is 0 Å². The van der Waals surface area contributed by atoms with Crippen LogP contribution in [0, 0.1) is 5.92 Å². The van der Waals surface area contributed by atoms with Gasteiger partial charge in [0, 0.05) is 18.8 Å². The van der Waals surface area contributed by atoms with Gasteiger partial charge in [-0.05, 0) is 31.5 Å². The number of benzene rings is 1. The number of aliphatic carboxylic acids is 1. The van der Waals surface area contributed by atoms with E-state index in [1.807, 2.05) is 30.3 Å². The fourth-order valence-corrected chi connectivity index (χ4v) is 2.46.